The van der Waals surface area contributed by atoms with Crippen LogP contribution in [0.25, 0.3) is 0 Å². The molecular formula is C14H20N2O4. The predicted molar refractivity (Wildman–Crippen MR) is 74.1 cm³/mol. The first-order valence-corrected chi connectivity index (χ1v) is 6.43. The molecule has 1 aromatic carbocycles. The first-order valence-electron chi connectivity index (χ1n) is 6.43. The minimum atomic E-state index is -0.742. The molecule has 0 saturated heterocycles. The van der Waals surface area contributed by atoms with Crippen LogP contribution in [0.2, 0.25) is 0 Å². The zero-order chi connectivity index (χ0) is 15.0. The molecule has 6 heteroatoms. The number of rotatable bonds is 6. The van der Waals surface area contributed by atoms with Gasteiger partial charge in [0.25, 0.3) is 0 Å². The van der Waals surface area contributed by atoms with Gasteiger partial charge >= 0.3 is 11.8 Å². The lowest BCUT2D eigenvalue weighted by Gasteiger charge is -2.13. The Labute approximate surface area is 118 Å². The predicted octanol–water partition coefficient (Wildman–Crippen LogP) is 0.199. The normalized spacial score (nSPS) is 11.6. The SMILES string of the molecule is CC[C@@H](CO)NC(=O)C(=O)NCc1cccc(OC)c1. The van der Waals surface area contributed by atoms with Gasteiger partial charge in [-0.25, -0.2) is 0 Å². The van der Waals surface area contributed by atoms with Crippen molar-refractivity contribution in [1.82, 2.24) is 10.6 Å². The van der Waals surface area contributed by atoms with Gasteiger partial charge in [0.15, 0.2) is 0 Å². The number of hydrogen-bond donors (Lipinski definition) is 3. The van der Waals surface area contributed by atoms with Crippen molar-refractivity contribution in [2.24, 2.45) is 0 Å². The van der Waals surface area contributed by atoms with Crippen LogP contribution in [0.4, 0.5) is 0 Å². The average molecular weight is 280 g/mol. The van der Waals surface area contributed by atoms with Crippen molar-refractivity contribution >= 4 is 11.8 Å². The highest BCUT2D eigenvalue weighted by Crippen LogP contribution is 2.11. The van der Waals surface area contributed by atoms with Gasteiger partial charge in [0.05, 0.1) is 19.8 Å². The summed E-state index contributed by atoms with van der Waals surface area (Å²) >= 11 is 0. The van der Waals surface area contributed by atoms with Crippen molar-refractivity contribution in [1.29, 1.82) is 0 Å². The quantitative estimate of drug-likeness (QED) is 0.650. The molecule has 0 aliphatic heterocycles. The molecule has 0 radical (unpaired) electrons. The second-order valence-corrected chi connectivity index (χ2v) is 4.30. The maximum absolute atomic E-state index is 11.6. The van der Waals surface area contributed by atoms with Crippen LogP contribution >= 0.6 is 0 Å². The smallest absolute Gasteiger partial charge is 0.309 e. The van der Waals surface area contributed by atoms with Crippen LogP contribution in [0.15, 0.2) is 24.3 Å². The van der Waals surface area contributed by atoms with E-state index < -0.39 is 17.9 Å². The number of amides is 2. The van der Waals surface area contributed by atoms with E-state index in [2.05, 4.69) is 10.6 Å². The van der Waals surface area contributed by atoms with E-state index in [0.717, 1.165) is 5.56 Å². The summed E-state index contributed by atoms with van der Waals surface area (Å²) in [6.07, 6.45) is 0.561. The molecule has 0 fully saturated rings. The minimum Gasteiger partial charge on any atom is -0.497 e. The summed E-state index contributed by atoms with van der Waals surface area (Å²) < 4.78 is 5.07. The van der Waals surface area contributed by atoms with E-state index in [0.29, 0.717) is 12.2 Å². The van der Waals surface area contributed by atoms with Crippen molar-refractivity contribution in [3.8, 4) is 5.75 Å². The second-order valence-electron chi connectivity index (χ2n) is 4.30. The van der Waals surface area contributed by atoms with E-state index in [4.69, 9.17) is 9.84 Å². The van der Waals surface area contributed by atoms with Gasteiger partial charge < -0.3 is 20.5 Å². The Bertz CT molecular complexity index is 458. The first-order chi connectivity index (χ1) is 9.60. The molecule has 20 heavy (non-hydrogen) atoms. The molecule has 1 atom stereocenters. The van der Waals surface area contributed by atoms with E-state index in [-0.39, 0.29) is 13.2 Å². The Kier molecular flexibility index (Phi) is 6.52. The molecule has 0 aliphatic rings. The molecule has 2 amide bonds. The Morgan fingerprint density at radius 2 is 2.10 bits per heavy atom. The third-order valence-corrected chi connectivity index (χ3v) is 2.84. The maximum atomic E-state index is 11.6. The van der Waals surface area contributed by atoms with Gasteiger partial charge in [0.2, 0.25) is 0 Å². The van der Waals surface area contributed by atoms with E-state index >= 15 is 0 Å². The van der Waals surface area contributed by atoms with Crippen LogP contribution in [0.5, 0.6) is 5.75 Å². The van der Waals surface area contributed by atoms with E-state index in [1.165, 1.54) is 0 Å². The van der Waals surface area contributed by atoms with Gasteiger partial charge in [0.1, 0.15) is 5.75 Å². The fraction of sp³-hybridized carbons (Fsp3) is 0.429. The number of ether oxygens (including phenoxy) is 1. The zero-order valence-electron chi connectivity index (χ0n) is 11.7. The minimum absolute atomic E-state index is 0.189. The van der Waals surface area contributed by atoms with E-state index in [1.807, 2.05) is 13.0 Å². The lowest BCUT2D eigenvalue weighted by Crippen LogP contribution is -2.45. The van der Waals surface area contributed by atoms with Gasteiger partial charge in [-0.05, 0) is 24.1 Å². The molecular weight excluding hydrogens is 260 g/mol. The molecule has 1 aromatic rings. The molecule has 0 heterocycles. The number of aliphatic hydroxyl groups is 1. The fourth-order valence-corrected chi connectivity index (χ4v) is 1.57. The summed E-state index contributed by atoms with van der Waals surface area (Å²) in [6, 6.07) is 6.80. The Morgan fingerprint density at radius 3 is 2.70 bits per heavy atom. The highest BCUT2D eigenvalue weighted by molar-refractivity contribution is 6.35. The molecule has 110 valence electrons. The van der Waals surface area contributed by atoms with Crippen LogP contribution in [0.1, 0.15) is 18.9 Å². The molecule has 3 N–H and O–H groups in total. The van der Waals surface area contributed by atoms with Gasteiger partial charge in [-0.1, -0.05) is 19.1 Å². The van der Waals surface area contributed by atoms with Gasteiger partial charge in [-0.2, -0.15) is 0 Å². The summed E-state index contributed by atoms with van der Waals surface area (Å²) in [5.74, 6) is -0.777. The second kappa shape index (κ2) is 8.16. The van der Waals surface area contributed by atoms with Crippen LogP contribution < -0.4 is 15.4 Å². The van der Waals surface area contributed by atoms with Crippen molar-refractivity contribution in [3.05, 3.63) is 29.8 Å². The van der Waals surface area contributed by atoms with Crippen molar-refractivity contribution in [2.45, 2.75) is 25.9 Å². The number of aliphatic hydroxyl groups excluding tert-OH is 1. The summed E-state index contributed by atoms with van der Waals surface area (Å²) in [4.78, 5) is 23.2. The monoisotopic (exact) mass is 280 g/mol. The van der Waals surface area contributed by atoms with Crippen molar-refractivity contribution in [2.75, 3.05) is 13.7 Å². The number of methoxy groups -OCH3 is 1. The van der Waals surface area contributed by atoms with Gasteiger partial charge in [0, 0.05) is 6.54 Å². The number of carbonyl (C=O) groups excluding carboxylic acids is 2. The van der Waals surface area contributed by atoms with E-state index in [1.54, 1.807) is 25.3 Å². The Morgan fingerprint density at radius 1 is 1.35 bits per heavy atom. The first kappa shape index (κ1) is 16.0. The highest BCUT2D eigenvalue weighted by atomic mass is 16.5. The molecule has 0 unspecified atom stereocenters. The summed E-state index contributed by atoms with van der Waals surface area (Å²) in [5.41, 5.74) is 0.833. The lowest BCUT2D eigenvalue weighted by atomic mass is 10.2. The maximum Gasteiger partial charge on any atom is 0.309 e. The van der Waals surface area contributed by atoms with Gasteiger partial charge in [-0.15, -0.1) is 0 Å². The third kappa shape index (κ3) is 4.89. The highest BCUT2D eigenvalue weighted by Gasteiger charge is 2.16. The topological polar surface area (TPSA) is 87.7 Å². The summed E-state index contributed by atoms with van der Waals surface area (Å²) in [6.45, 7) is 1.86. The molecule has 0 aliphatic carbocycles. The number of hydrogen-bond acceptors (Lipinski definition) is 4. The summed E-state index contributed by atoms with van der Waals surface area (Å²) in [5, 5.41) is 13.9. The molecule has 0 spiro atoms. The van der Waals surface area contributed by atoms with Crippen LogP contribution in [-0.2, 0) is 16.1 Å². The lowest BCUT2D eigenvalue weighted by molar-refractivity contribution is -0.139. The number of nitrogens with one attached hydrogen (secondary N) is 2. The van der Waals surface area contributed by atoms with Crippen molar-refractivity contribution in [3.63, 3.8) is 0 Å². The largest absolute Gasteiger partial charge is 0.497 e. The zero-order valence-corrected chi connectivity index (χ0v) is 11.7. The third-order valence-electron chi connectivity index (χ3n) is 2.84. The average Bonchev–Trinajstić information content (AvgIpc) is 2.50. The Balaban J connectivity index is 2.47. The van der Waals surface area contributed by atoms with Crippen molar-refractivity contribution < 1.29 is 19.4 Å². The molecule has 6 nitrogen and oxygen atoms in total. The van der Waals surface area contributed by atoms with Crippen LogP contribution in [0.3, 0.4) is 0 Å². The van der Waals surface area contributed by atoms with Crippen LogP contribution in [-0.4, -0.2) is 36.7 Å². The molecule has 0 bridgehead atoms. The van der Waals surface area contributed by atoms with E-state index in [9.17, 15) is 9.59 Å². The number of benzene rings is 1. The summed E-state index contributed by atoms with van der Waals surface area (Å²) in [7, 11) is 1.56. The Hall–Kier alpha value is -2.08. The standard InChI is InChI=1S/C14H20N2O4/c1-3-11(9-17)16-14(19)13(18)15-8-10-5-4-6-12(7-10)20-2/h4-7,11,17H,3,8-9H2,1-2H3,(H,15,18)(H,16,19)/t11-/m0/s1. The van der Waals surface area contributed by atoms with Crippen LogP contribution in [0, 0.1) is 0 Å². The molecule has 0 aromatic heterocycles. The number of carbonyl (C=O) groups is 2. The fourth-order valence-electron chi connectivity index (χ4n) is 1.57. The molecule has 1 rings (SSSR count). The molecule has 0 saturated carbocycles. The van der Waals surface area contributed by atoms with Gasteiger partial charge in [-0.3, -0.25) is 9.59 Å².